The summed E-state index contributed by atoms with van der Waals surface area (Å²) in [6.07, 6.45) is 2.21. The fourth-order valence-electron chi connectivity index (χ4n) is 1.96. The van der Waals surface area contributed by atoms with Gasteiger partial charge in [0.1, 0.15) is 5.75 Å². The van der Waals surface area contributed by atoms with Gasteiger partial charge < -0.3 is 15.4 Å². The quantitative estimate of drug-likeness (QED) is 0.819. The van der Waals surface area contributed by atoms with Crippen molar-refractivity contribution in [2.24, 2.45) is 5.73 Å². The smallest absolute Gasteiger partial charge is 0.222 e. The van der Waals surface area contributed by atoms with Crippen LogP contribution in [-0.2, 0) is 17.8 Å². The van der Waals surface area contributed by atoms with E-state index in [4.69, 9.17) is 10.5 Å². The maximum Gasteiger partial charge on any atom is 0.222 e. The third-order valence-electron chi connectivity index (χ3n) is 3.18. The van der Waals surface area contributed by atoms with E-state index in [1.807, 2.05) is 13.1 Å². The van der Waals surface area contributed by atoms with Crippen molar-refractivity contribution in [1.82, 2.24) is 4.90 Å². The number of hydrogen-bond acceptors (Lipinski definition) is 3. The van der Waals surface area contributed by atoms with Crippen LogP contribution in [0.25, 0.3) is 0 Å². The zero-order chi connectivity index (χ0) is 14.3. The van der Waals surface area contributed by atoms with Crippen molar-refractivity contribution in [2.75, 3.05) is 20.7 Å². The van der Waals surface area contributed by atoms with Crippen LogP contribution in [0.5, 0.6) is 5.75 Å². The highest BCUT2D eigenvalue weighted by Gasteiger charge is 2.12. The van der Waals surface area contributed by atoms with Crippen molar-refractivity contribution in [3.05, 3.63) is 29.3 Å². The Balaban J connectivity index is 2.76. The van der Waals surface area contributed by atoms with Gasteiger partial charge in [0.25, 0.3) is 0 Å². The van der Waals surface area contributed by atoms with E-state index in [9.17, 15) is 4.79 Å². The topological polar surface area (TPSA) is 55.6 Å². The van der Waals surface area contributed by atoms with Crippen molar-refractivity contribution in [1.29, 1.82) is 0 Å². The molecule has 0 aliphatic carbocycles. The zero-order valence-electron chi connectivity index (χ0n) is 12.1. The average molecular weight is 264 g/mol. The molecule has 0 saturated carbocycles. The van der Waals surface area contributed by atoms with Crippen LogP contribution in [0.2, 0.25) is 0 Å². The lowest BCUT2D eigenvalue weighted by Crippen LogP contribution is -2.26. The highest BCUT2D eigenvalue weighted by atomic mass is 16.5. The maximum atomic E-state index is 11.9. The van der Waals surface area contributed by atoms with Gasteiger partial charge in [-0.25, -0.2) is 0 Å². The summed E-state index contributed by atoms with van der Waals surface area (Å²) in [5.74, 6) is 0.949. The number of hydrogen-bond donors (Lipinski definition) is 1. The van der Waals surface area contributed by atoms with E-state index in [1.54, 1.807) is 12.0 Å². The average Bonchev–Trinajstić information content (AvgIpc) is 2.44. The fraction of sp³-hybridized carbons (Fsp3) is 0.533. The Hall–Kier alpha value is -1.55. The predicted molar refractivity (Wildman–Crippen MR) is 77.1 cm³/mol. The summed E-state index contributed by atoms with van der Waals surface area (Å²) in [5.41, 5.74) is 7.72. The van der Waals surface area contributed by atoms with Gasteiger partial charge in [-0.05, 0) is 31.0 Å². The number of ether oxygens (including phenoxy) is 1. The third-order valence-corrected chi connectivity index (χ3v) is 3.18. The van der Waals surface area contributed by atoms with Crippen LogP contribution in [0.1, 0.15) is 30.9 Å². The van der Waals surface area contributed by atoms with Crippen LogP contribution in [-0.4, -0.2) is 31.5 Å². The van der Waals surface area contributed by atoms with Crippen molar-refractivity contribution >= 4 is 5.91 Å². The number of carbonyl (C=O) groups is 1. The molecule has 0 aliphatic heterocycles. The van der Waals surface area contributed by atoms with E-state index in [1.165, 1.54) is 5.56 Å². The van der Waals surface area contributed by atoms with Crippen molar-refractivity contribution in [3.63, 3.8) is 0 Å². The second-order valence-corrected chi connectivity index (χ2v) is 4.64. The first-order chi connectivity index (χ1) is 9.12. The van der Waals surface area contributed by atoms with Gasteiger partial charge in [-0.3, -0.25) is 4.79 Å². The molecule has 0 fully saturated rings. The first kappa shape index (κ1) is 15.5. The Bertz CT molecular complexity index is 419. The number of carbonyl (C=O) groups excluding carboxylic acids is 1. The molecule has 1 amide bonds. The minimum absolute atomic E-state index is 0.120. The zero-order valence-corrected chi connectivity index (χ0v) is 12.1. The number of aryl methyl sites for hydroxylation is 1. The molecule has 2 N–H and O–H groups in total. The molecule has 0 radical (unpaired) electrons. The normalized spacial score (nSPS) is 10.3. The summed E-state index contributed by atoms with van der Waals surface area (Å²) < 4.78 is 5.35. The molecule has 1 aromatic carbocycles. The molecule has 1 aromatic rings. The van der Waals surface area contributed by atoms with E-state index < -0.39 is 0 Å². The molecule has 0 bridgehead atoms. The molecule has 0 saturated heterocycles. The van der Waals surface area contributed by atoms with Gasteiger partial charge in [0.15, 0.2) is 0 Å². The summed E-state index contributed by atoms with van der Waals surface area (Å²) in [5, 5.41) is 0. The number of methoxy groups -OCH3 is 1. The largest absolute Gasteiger partial charge is 0.496 e. The van der Waals surface area contributed by atoms with Crippen LogP contribution in [0.15, 0.2) is 18.2 Å². The molecule has 0 spiro atoms. The predicted octanol–water partition coefficient (Wildman–Crippen LogP) is 1.95. The van der Waals surface area contributed by atoms with E-state index in [2.05, 4.69) is 19.1 Å². The van der Waals surface area contributed by atoms with Gasteiger partial charge >= 0.3 is 0 Å². The molecule has 1 rings (SSSR count). The van der Waals surface area contributed by atoms with Gasteiger partial charge in [-0.15, -0.1) is 0 Å². The van der Waals surface area contributed by atoms with Crippen molar-refractivity contribution in [3.8, 4) is 5.75 Å². The lowest BCUT2D eigenvalue weighted by atomic mass is 10.1. The molecule has 19 heavy (non-hydrogen) atoms. The second kappa shape index (κ2) is 7.79. The summed E-state index contributed by atoms with van der Waals surface area (Å²) in [4.78, 5) is 13.6. The molecule has 4 heteroatoms. The summed E-state index contributed by atoms with van der Waals surface area (Å²) in [6.45, 7) is 3.23. The minimum atomic E-state index is 0.120. The van der Waals surface area contributed by atoms with Gasteiger partial charge in [0.2, 0.25) is 5.91 Å². The standard InChI is InChI=1S/C15H24N2O2/c1-4-12-7-8-14(19-3)13(10-12)11-17(2)15(18)6-5-9-16/h7-8,10H,4-6,9,11,16H2,1-3H3. The highest BCUT2D eigenvalue weighted by Crippen LogP contribution is 2.21. The van der Waals surface area contributed by atoms with Crippen LogP contribution in [0.4, 0.5) is 0 Å². The van der Waals surface area contributed by atoms with Crippen LogP contribution < -0.4 is 10.5 Å². The van der Waals surface area contributed by atoms with Gasteiger partial charge in [-0.2, -0.15) is 0 Å². The van der Waals surface area contributed by atoms with Gasteiger partial charge in [0.05, 0.1) is 7.11 Å². The lowest BCUT2D eigenvalue weighted by molar-refractivity contribution is -0.130. The van der Waals surface area contributed by atoms with Crippen LogP contribution >= 0.6 is 0 Å². The van der Waals surface area contributed by atoms with Crippen LogP contribution in [0.3, 0.4) is 0 Å². The Kier molecular flexibility index (Phi) is 6.36. The number of nitrogens with two attached hydrogens (primary N) is 1. The molecule has 0 aliphatic rings. The Morgan fingerprint density at radius 2 is 2.16 bits per heavy atom. The Morgan fingerprint density at radius 1 is 1.42 bits per heavy atom. The first-order valence-electron chi connectivity index (χ1n) is 6.72. The highest BCUT2D eigenvalue weighted by molar-refractivity contribution is 5.75. The second-order valence-electron chi connectivity index (χ2n) is 4.64. The Morgan fingerprint density at radius 3 is 2.74 bits per heavy atom. The molecule has 106 valence electrons. The lowest BCUT2D eigenvalue weighted by Gasteiger charge is -2.19. The molecule has 0 atom stereocenters. The van der Waals surface area contributed by atoms with E-state index in [0.29, 0.717) is 19.5 Å². The van der Waals surface area contributed by atoms with Crippen LogP contribution in [0, 0.1) is 0 Å². The number of amides is 1. The molecular weight excluding hydrogens is 240 g/mol. The fourth-order valence-corrected chi connectivity index (χ4v) is 1.96. The number of benzene rings is 1. The molecular formula is C15H24N2O2. The third kappa shape index (κ3) is 4.56. The molecule has 0 unspecified atom stereocenters. The maximum absolute atomic E-state index is 11.9. The molecule has 0 heterocycles. The van der Waals surface area contributed by atoms with E-state index in [0.717, 1.165) is 24.2 Å². The minimum Gasteiger partial charge on any atom is -0.496 e. The first-order valence-corrected chi connectivity index (χ1v) is 6.72. The van der Waals surface area contributed by atoms with Crippen molar-refractivity contribution < 1.29 is 9.53 Å². The monoisotopic (exact) mass is 264 g/mol. The molecule has 0 aromatic heterocycles. The van der Waals surface area contributed by atoms with Gasteiger partial charge in [0, 0.05) is 25.6 Å². The van der Waals surface area contributed by atoms with Crippen molar-refractivity contribution in [2.45, 2.75) is 32.7 Å². The molecule has 4 nitrogen and oxygen atoms in total. The van der Waals surface area contributed by atoms with E-state index >= 15 is 0 Å². The summed E-state index contributed by atoms with van der Waals surface area (Å²) in [6, 6.07) is 6.12. The SMILES string of the molecule is CCc1ccc(OC)c(CN(C)C(=O)CCCN)c1. The Labute approximate surface area is 115 Å². The number of rotatable bonds is 7. The van der Waals surface area contributed by atoms with E-state index in [-0.39, 0.29) is 5.91 Å². The summed E-state index contributed by atoms with van der Waals surface area (Å²) in [7, 11) is 3.47. The van der Waals surface area contributed by atoms with Gasteiger partial charge in [-0.1, -0.05) is 19.1 Å². The summed E-state index contributed by atoms with van der Waals surface area (Å²) >= 11 is 0. The number of nitrogens with zero attached hydrogens (tertiary/aromatic N) is 1.